The van der Waals surface area contributed by atoms with Gasteiger partial charge >= 0.3 is 0 Å². The molecular weight excluding hydrogens is 633 g/mol. The van der Waals surface area contributed by atoms with Crippen LogP contribution in [-0.4, -0.2) is 12.4 Å². The van der Waals surface area contributed by atoms with Gasteiger partial charge in [-0.25, -0.2) is 0 Å². The van der Waals surface area contributed by atoms with Crippen LogP contribution in [0.3, 0.4) is 0 Å². The second-order valence-electron chi connectivity index (χ2n) is 14.0. The molecule has 0 aliphatic heterocycles. The number of hydrogen-bond acceptors (Lipinski definition) is 3. The maximum atomic E-state index is 9.68. The van der Waals surface area contributed by atoms with Gasteiger partial charge in [0.1, 0.15) is 11.2 Å². The molecule has 1 heterocycles. The van der Waals surface area contributed by atoms with E-state index in [9.17, 15) is 5.41 Å². The molecule has 52 heavy (non-hydrogen) atoms. The number of allylic oxidation sites excluding steroid dienone is 5. The van der Waals surface area contributed by atoms with Crippen molar-refractivity contribution in [1.29, 1.82) is 5.41 Å². The van der Waals surface area contributed by atoms with Gasteiger partial charge in [-0.05, 0) is 89.7 Å². The predicted molar refractivity (Wildman–Crippen MR) is 217 cm³/mol. The molecule has 0 radical (unpaired) electrons. The van der Waals surface area contributed by atoms with E-state index in [1.165, 1.54) is 39.0 Å². The van der Waals surface area contributed by atoms with Crippen LogP contribution >= 0.6 is 0 Å². The van der Waals surface area contributed by atoms with E-state index >= 15 is 0 Å². The van der Waals surface area contributed by atoms with Crippen LogP contribution in [0.25, 0.3) is 44.3 Å². The van der Waals surface area contributed by atoms with Crippen LogP contribution in [0, 0.1) is 25.2 Å². The summed E-state index contributed by atoms with van der Waals surface area (Å²) in [7, 11) is 0. The molecule has 1 atom stereocenters. The van der Waals surface area contributed by atoms with Gasteiger partial charge in [0.15, 0.2) is 0 Å². The molecule has 1 unspecified atom stereocenters. The number of para-hydroxylation sites is 2. The molecule has 9 rings (SSSR count). The van der Waals surface area contributed by atoms with E-state index in [4.69, 9.17) is 4.42 Å². The Morgan fingerprint density at radius 3 is 2.13 bits per heavy atom. The lowest BCUT2D eigenvalue weighted by Gasteiger charge is -2.41. The molecule has 1 aromatic heterocycles. The molecule has 0 saturated heterocycles. The maximum absolute atomic E-state index is 9.68. The van der Waals surface area contributed by atoms with E-state index in [1.54, 1.807) is 0 Å². The van der Waals surface area contributed by atoms with Gasteiger partial charge < -0.3 is 9.83 Å². The lowest BCUT2D eigenvalue weighted by molar-refractivity contribution is 0.479. The Morgan fingerprint density at radius 1 is 0.731 bits per heavy atom. The number of aryl methyl sites for hydroxylation is 2. The van der Waals surface area contributed by atoms with Gasteiger partial charge in [-0.2, -0.15) is 0 Å². The average molecular weight is 671 g/mol. The van der Waals surface area contributed by atoms with Gasteiger partial charge in [-0.3, -0.25) is 4.99 Å². The van der Waals surface area contributed by atoms with Crippen molar-refractivity contribution in [2.24, 2.45) is 10.9 Å². The van der Waals surface area contributed by atoms with Crippen molar-refractivity contribution in [2.75, 3.05) is 0 Å². The molecule has 0 fully saturated rings. The number of benzene rings is 6. The highest BCUT2D eigenvalue weighted by Crippen LogP contribution is 2.62. The standard InChI is InChI=1S/C49H38N2O/c1-31-15-7-10-23-40(31)49(41-24-11-8-16-32(41)2)42-28-27-34(35-20-13-21-37-36-19-9-12-26-46(36)52-48(35)37)29-39(42)47-38(22-14-25-43(47)49)44(50)30-45(51-3)33-17-5-4-6-18-33/h4-24,26-30,43,50H,3,25H2,1-2H3/b45-30-,50-44?. The number of furan rings is 1. The van der Waals surface area contributed by atoms with E-state index in [1.807, 2.05) is 48.5 Å². The molecule has 0 amide bonds. The zero-order valence-electron chi connectivity index (χ0n) is 29.4. The molecule has 0 saturated carbocycles. The Balaban J connectivity index is 1.36. The number of nitrogens with one attached hydrogen (secondary N) is 1. The van der Waals surface area contributed by atoms with Crippen LogP contribution in [-0.2, 0) is 5.41 Å². The Kier molecular flexibility index (Phi) is 7.59. The first kappa shape index (κ1) is 31.6. The molecule has 2 aliphatic rings. The molecule has 7 aromatic rings. The van der Waals surface area contributed by atoms with Crippen LogP contribution in [0.5, 0.6) is 0 Å². The van der Waals surface area contributed by atoms with E-state index < -0.39 is 5.41 Å². The van der Waals surface area contributed by atoms with Crippen LogP contribution < -0.4 is 0 Å². The summed E-state index contributed by atoms with van der Waals surface area (Å²) in [5, 5.41) is 11.9. The number of aliphatic imine (C=N–C) groups is 1. The molecule has 3 heteroatoms. The van der Waals surface area contributed by atoms with Crippen molar-refractivity contribution in [3.05, 3.63) is 202 Å². The fourth-order valence-electron chi connectivity index (χ4n) is 9.00. The van der Waals surface area contributed by atoms with Crippen molar-refractivity contribution in [2.45, 2.75) is 25.7 Å². The fourth-order valence-corrected chi connectivity index (χ4v) is 9.00. The van der Waals surface area contributed by atoms with Crippen LogP contribution in [0.15, 0.2) is 173 Å². The number of hydrogen-bond donors (Lipinski definition) is 1. The Morgan fingerprint density at radius 2 is 1.40 bits per heavy atom. The predicted octanol–water partition coefficient (Wildman–Crippen LogP) is 12.3. The molecule has 250 valence electrons. The van der Waals surface area contributed by atoms with Crippen molar-refractivity contribution in [1.82, 2.24) is 0 Å². The van der Waals surface area contributed by atoms with Gasteiger partial charge in [0.25, 0.3) is 0 Å². The Labute approximate surface area is 304 Å². The fraction of sp³-hybridized carbons (Fsp3) is 0.102. The monoisotopic (exact) mass is 670 g/mol. The van der Waals surface area contributed by atoms with Crippen LogP contribution in [0.4, 0.5) is 0 Å². The van der Waals surface area contributed by atoms with Gasteiger partial charge in [-0.1, -0.05) is 140 Å². The molecule has 3 nitrogen and oxygen atoms in total. The average Bonchev–Trinajstić information content (AvgIpc) is 3.71. The summed E-state index contributed by atoms with van der Waals surface area (Å²) >= 11 is 0. The first-order valence-corrected chi connectivity index (χ1v) is 17.9. The zero-order valence-corrected chi connectivity index (χ0v) is 29.4. The van der Waals surface area contributed by atoms with Crippen molar-refractivity contribution >= 4 is 45.6 Å². The van der Waals surface area contributed by atoms with Crippen molar-refractivity contribution in [3.63, 3.8) is 0 Å². The highest BCUT2D eigenvalue weighted by atomic mass is 16.3. The summed E-state index contributed by atoms with van der Waals surface area (Å²) in [4.78, 5) is 4.38. The first-order valence-electron chi connectivity index (χ1n) is 17.9. The normalized spacial score (nSPS) is 16.3. The third-order valence-electron chi connectivity index (χ3n) is 11.2. The summed E-state index contributed by atoms with van der Waals surface area (Å²) in [6.45, 7) is 8.36. The van der Waals surface area contributed by atoms with E-state index in [2.05, 4.69) is 135 Å². The van der Waals surface area contributed by atoms with E-state index in [0.29, 0.717) is 11.4 Å². The quantitative estimate of drug-likeness (QED) is 0.169. The van der Waals surface area contributed by atoms with Crippen molar-refractivity contribution in [3.8, 4) is 11.1 Å². The van der Waals surface area contributed by atoms with E-state index in [-0.39, 0.29) is 5.92 Å². The minimum atomic E-state index is -0.482. The Bertz CT molecular complexity index is 2620. The topological polar surface area (TPSA) is 49.4 Å². The smallest absolute Gasteiger partial charge is 0.143 e. The second-order valence-corrected chi connectivity index (χ2v) is 14.0. The molecule has 0 spiro atoms. The number of fused-ring (bicyclic) bond motifs is 6. The minimum absolute atomic E-state index is 0.0487. The summed E-state index contributed by atoms with van der Waals surface area (Å²) in [6.07, 6.45) is 7.13. The lowest BCUT2D eigenvalue weighted by atomic mass is 9.61. The highest BCUT2D eigenvalue weighted by Gasteiger charge is 2.54. The number of rotatable bonds is 7. The summed E-state index contributed by atoms with van der Waals surface area (Å²) in [6, 6.07) is 49.4. The maximum Gasteiger partial charge on any atom is 0.143 e. The molecule has 0 bridgehead atoms. The molecule has 6 aromatic carbocycles. The third kappa shape index (κ3) is 4.73. The third-order valence-corrected chi connectivity index (χ3v) is 11.2. The van der Waals surface area contributed by atoms with Crippen molar-refractivity contribution < 1.29 is 4.42 Å². The lowest BCUT2D eigenvalue weighted by Crippen LogP contribution is -2.36. The molecule has 1 N–H and O–H groups in total. The first-order chi connectivity index (χ1) is 25.5. The van der Waals surface area contributed by atoms with Gasteiger partial charge in [0.2, 0.25) is 0 Å². The highest BCUT2D eigenvalue weighted by molar-refractivity contribution is 6.18. The largest absolute Gasteiger partial charge is 0.455 e. The summed E-state index contributed by atoms with van der Waals surface area (Å²) in [5.74, 6) is 0.0487. The molecule has 2 aliphatic carbocycles. The summed E-state index contributed by atoms with van der Waals surface area (Å²) < 4.78 is 6.55. The second kappa shape index (κ2) is 12.5. The van der Waals surface area contributed by atoms with E-state index in [0.717, 1.165) is 50.6 Å². The SMILES string of the molecule is C=N/C(=C\C(=N)C1=C2c3cc(-c4cccc5c4oc4ccccc45)ccc3C(c3ccccc3C)(c3ccccc3C)C2CC=C1)c1ccccc1. The molecular formula is C49H38N2O. The zero-order chi connectivity index (χ0) is 35.4. The van der Waals surface area contributed by atoms with Gasteiger partial charge in [-0.15, -0.1) is 0 Å². The summed E-state index contributed by atoms with van der Waals surface area (Å²) in [5.41, 5.74) is 15.1. The Hall–Kier alpha value is -6.32. The van der Waals surface area contributed by atoms with Gasteiger partial charge in [0, 0.05) is 33.4 Å². The number of nitrogens with zero attached hydrogens (tertiary/aromatic N) is 1. The van der Waals surface area contributed by atoms with Crippen LogP contribution in [0.2, 0.25) is 0 Å². The minimum Gasteiger partial charge on any atom is -0.455 e. The van der Waals surface area contributed by atoms with Crippen LogP contribution in [0.1, 0.15) is 45.4 Å². The van der Waals surface area contributed by atoms with Gasteiger partial charge in [0.05, 0.1) is 16.8 Å².